The van der Waals surface area contributed by atoms with Crippen molar-refractivity contribution in [2.75, 3.05) is 5.32 Å². The second-order valence-electron chi connectivity index (χ2n) is 4.73. The number of nitro groups is 1. The van der Waals surface area contributed by atoms with E-state index in [1.807, 2.05) is 0 Å². The maximum atomic E-state index is 10.7. The number of anilines is 1. The molecule has 1 N–H and O–H groups in total. The molecule has 0 aliphatic carbocycles. The van der Waals surface area contributed by atoms with Crippen LogP contribution in [0.4, 0.5) is 11.7 Å². The molecule has 108 valence electrons. The summed E-state index contributed by atoms with van der Waals surface area (Å²) in [5.41, 5.74) is 2.27. The molecule has 0 bridgehead atoms. The lowest BCUT2D eigenvalue weighted by Crippen LogP contribution is -1.96. The zero-order valence-electron chi connectivity index (χ0n) is 11.5. The lowest BCUT2D eigenvalue weighted by molar-refractivity contribution is -0.384. The lowest BCUT2D eigenvalue weighted by Gasteiger charge is -1.97. The Bertz CT molecular complexity index is 803. The van der Waals surface area contributed by atoms with E-state index in [0.717, 1.165) is 0 Å². The first-order valence-corrected chi connectivity index (χ1v) is 7.19. The minimum atomic E-state index is -0.452. The maximum Gasteiger partial charge on any atom is 0.295 e. The summed E-state index contributed by atoms with van der Waals surface area (Å²) in [6.07, 6.45) is 0. The molecule has 2 aromatic heterocycles. The third-order valence-corrected chi connectivity index (χ3v) is 4.37. The van der Waals surface area contributed by atoms with Gasteiger partial charge in [0.25, 0.3) is 11.7 Å². The zero-order chi connectivity index (χ0) is 15.0. The van der Waals surface area contributed by atoms with Gasteiger partial charge in [-0.2, -0.15) is 4.98 Å². The van der Waals surface area contributed by atoms with Crippen molar-refractivity contribution in [3.63, 3.8) is 0 Å². The summed E-state index contributed by atoms with van der Waals surface area (Å²) in [6.45, 7) is 4.78. The molecule has 3 aromatic rings. The van der Waals surface area contributed by atoms with Crippen molar-refractivity contribution in [1.82, 2.24) is 4.98 Å². The predicted octanol–water partition coefficient (Wildman–Crippen LogP) is 4.03. The number of benzene rings is 1. The van der Waals surface area contributed by atoms with Crippen molar-refractivity contribution in [3.8, 4) is 0 Å². The number of nitrogens with one attached hydrogen (secondary N) is 1. The van der Waals surface area contributed by atoms with E-state index in [0.29, 0.717) is 23.7 Å². The molecule has 1 aromatic carbocycles. The summed E-state index contributed by atoms with van der Waals surface area (Å²) in [7, 11) is 0. The van der Waals surface area contributed by atoms with Crippen molar-refractivity contribution in [1.29, 1.82) is 0 Å². The van der Waals surface area contributed by atoms with Crippen molar-refractivity contribution >= 4 is 34.1 Å². The SMILES string of the molecule is Cc1cc(CNc2nc3ccc([N+](=O)[O-])cc3o2)sc1C. The number of thiophene rings is 1. The summed E-state index contributed by atoms with van der Waals surface area (Å²) in [6, 6.07) is 6.88. The number of fused-ring (bicyclic) bond motifs is 1. The zero-order valence-corrected chi connectivity index (χ0v) is 12.4. The molecule has 6 nitrogen and oxygen atoms in total. The molecule has 0 amide bonds. The Hall–Kier alpha value is -2.41. The first-order chi connectivity index (χ1) is 10.0. The third kappa shape index (κ3) is 2.73. The molecule has 21 heavy (non-hydrogen) atoms. The Morgan fingerprint density at radius 3 is 2.86 bits per heavy atom. The Morgan fingerprint density at radius 1 is 1.38 bits per heavy atom. The summed E-state index contributed by atoms with van der Waals surface area (Å²) in [5.74, 6) is 0. The van der Waals surface area contributed by atoms with Gasteiger partial charge in [-0.15, -0.1) is 11.3 Å². The number of oxazole rings is 1. The molecule has 0 aliphatic rings. The Kier molecular flexibility index (Phi) is 3.34. The van der Waals surface area contributed by atoms with E-state index in [9.17, 15) is 10.1 Å². The smallest absolute Gasteiger partial charge is 0.295 e. The first kappa shape index (κ1) is 13.6. The van der Waals surface area contributed by atoms with E-state index in [2.05, 4.69) is 30.2 Å². The molecule has 0 fully saturated rings. The van der Waals surface area contributed by atoms with Crippen LogP contribution in [0.2, 0.25) is 0 Å². The molecule has 0 aliphatic heterocycles. The van der Waals surface area contributed by atoms with E-state index in [4.69, 9.17) is 4.42 Å². The van der Waals surface area contributed by atoms with Crippen LogP contribution in [0, 0.1) is 24.0 Å². The van der Waals surface area contributed by atoms with Crippen molar-refractivity contribution in [2.45, 2.75) is 20.4 Å². The van der Waals surface area contributed by atoms with Crippen LogP contribution in [-0.2, 0) is 6.54 Å². The van der Waals surface area contributed by atoms with E-state index in [-0.39, 0.29) is 5.69 Å². The van der Waals surface area contributed by atoms with Gasteiger partial charge >= 0.3 is 0 Å². The fourth-order valence-corrected chi connectivity index (χ4v) is 3.00. The molecule has 0 radical (unpaired) electrons. The highest BCUT2D eigenvalue weighted by Crippen LogP contribution is 2.25. The van der Waals surface area contributed by atoms with Crippen LogP contribution in [0.5, 0.6) is 0 Å². The van der Waals surface area contributed by atoms with Gasteiger partial charge in [-0.1, -0.05) is 0 Å². The van der Waals surface area contributed by atoms with Gasteiger partial charge in [0.15, 0.2) is 5.58 Å². The average Bonchev–Trinajstić information content (AvgIpc) is 2.99. The number of nitrogens with zero attached hydrogens (tertiary/aromatic N) is 2. The summed E-state index contributed by atoms with van der Waals surface area (Å²) in [4.78, 5) is 17.0. The molecular formula is C14H13N3O3S. The number of rotatable bonds is 4. The Morgan fingerprint density at radius 2 is 2.19 bits per heavy atom. The molecule has 0 atom stereocenters. The maximum absolute atomic E-state index is 10.7. The van der Waals surface area contributed by atoms with Gasteiger partial charge in [0.1, 0.15) is 5.52 Å². The molecule has 0 saturated heterocycles. The number of aryl methyl sites for hydroxylation is 2. The van der Waals surface area contributed by atoms with Gasteiger partial charge in [0.05, 0.1) is 17.5 Å². The summed E-state index contributed by atoms with van der Waals surface area (Å²) >= 11 is 1.73. The van der Waals surface area contributed by atoms with Gasteiger partial charge in [-0.05, 0) is 31.5 Å². The van der Waals surface area contributed by atoms with Gasteiger partial charge in [0, 0.05) is 15.8 Å². The second-order valence-corrected chi connectivity index (χ2v) is 6.07. The number of nitro benzene ring substituents is 1. The molecule has 2 heterocycles. The van der Waals surface area contributed by atoms with Gasteiger partial charge in [-0.25, -0.2) is 0 Å². The normalized spacial score (nSPS) is 11.0. The van der Waals surface area contributed by atoms with Crippen molar-refractivity contribution < 1.29 is 9.34 Å². The Labute approximate surface area is 124 Å². The number of aromatic nitrogens is 1. The lowest BCUT2D eigenvalue weighted by atomic mass is 10.3. The second kappa shape index (κ2) is 5.17. The van der Waals surface area contributed by atoms with E-state index in [1.54, 1.807) is 17.4 Å². The van der Waals surface area contributed by atoms with Crippen LogP contribution in [-0.4, -0.2) is 9.91 Å². The van der Waals surface area contributed by atoms with Crippen LogP contribution < -0.4 is 5.32 Å². The molecule has 0 spiro atoms. The molecular weight excluding hydrogens is 290 g/mol. The predicted molar refractivity (Wildman–Crippen MR) is 81.8 cm³/mol. The van der Waals surface area contributed by atoms with Gasteiger partial charge in [0.2, 0.25) is 0 Å². The van der Waals surface area contributed by atoms with E-state index < -0.39 is 4.92 Å². The largest absolute Gasteiger partial charge is 0.423 e. The monoisotopic (exact) mass is 303 g/mol. The first-order valence-electron chi connectivity index (χ1n) is 6.37. The minimum absolute atomic E-state index is 0.00490. The topological polar surface area (TPSA) is 81.2 Å². The molecule has 3 rings (SSSR count). The molecule has 7 heteroatoms. The average molecular weight is 303 g/mol. The summed E-state index contributed by atoms with van der Waals surface area (Å²) < 4.78 is 5.50. The molecule has 0 saturated carbocycles. The van der Waals surface area contributed by atoms with Crippen LogP contribution in [0.1, 0.15) is 15.3 Å². The summed E-state index contributed by atoms with van der Waals surface area (Å²) in [5, 5.41) is 13.8. The minimum Gasteiger partial charge on any atom is -0.423 e. The highest BCUT2D eigenvalue weighted by Gasteiger charge is 2.11. The van der Waals surface area contributed by atoms with E-state index in [1.165, 1.54) is 27.5 Å². The van der Waals surface area contributed by atoms with E-state index >= 15 is 0 Å². The van der Waals surface area contributed by atoms with Gasteiger partial charge < -0.3 is 9.73 Å². The fourth-order valence-electron chi connectivity index (χ4n) is 2.00. The van der Waals surface area contributed by atoms with Crippen LogP contribution in [0.25, 0.3) is 11.1 Å². The highest BCUT2D eigenvalue weighted by molar-refractivity contribution is 7.12. The highest BCUT2D eigenvalue weighted by atomic mass is 32.1. The number of hydrogen-bond donors (Lipinski definition) is 1. The van der Waals surface area contributed by atoms with Crippen LogP contribution in [0.15, 0.2) is 28.7 Å². The Balaban J connectivity index is 1.79. The molecule has 0 unspecified atom stereocenters. The third-order valence-electron chi connectivity index (χ3n) is 3.21. The van der Waals surface area contributed by atoms with Crippen molar-refractivity contribution in [2.24, 2.45) is 0 Å². The number of hydrogen-bond acceptors (Lipinski definition) is 6. The quantitative estimate of drug-likeness (QED) is 0.581. The standard InChI is InChI=1S/C14H13N3O3S/c1-8-5-11(21-9(8)2)7-15-14-16-12-4-3-10(17(18)19)6-13(12)20-14/h3-6H,7H2,1-2H3,(H,15,16). The van der Waals surface area contributed by atoms with Crippen molar-refractivity contribution in [3.05, 3.63) is 49.7 Å². The van der Waals surface area contributed by atoms with Crippen LogP contribution in [0.3, 0.4) is 0 Å². The number of non-ortho nitro benzene ring substituents is 1. The fraction of sp³-hybridized carbons (Fsp3) is 0.214. The van der Waals surface area contributed by atoms with Gasteiger partial charge in [-0.3, -0.25) is 10.1 Å². The van der Waals surface area contributed by atoms with Crippen LogP contribution >= 0.6 is 11.3 Å².